The number of thioether (sulfide) groups is 1. The molecule has 0 radical (unpaired) electrons. The SMILES string of the molecule is CCN=C1S[C@@H](CC(=O)NCCc2ccc(OC)cc2)C(=O)N1CC. The molecule has 0 unspecified atom stereocenters. The molecule has 2 rings (SSSR count). The molecule has 136 valence electrons. The molecule has 0 aromatic heterocycles. The van der Waals surface area contributed by atoms with Crippen molar-refractivity contribution in [3.8, 4) is 5.75 Å². The maximum atomic E-state index is 12.3. The molecule has 0 saturated carbocycles. The second-order valence-electron chi connectivity index (χ2n) is 5.60. The number of nitrogens with one attached hydrogen (secondary N) is 1. The maximum Gasteiger partial charge on any atom is 0.242 e. The van der Waals surface area contributed by atoms with Crippen molar-refractivity contribution < 1.29 is 14.3 Å². The highest BCUT2D eigenvalue weighted by Gasteiger charge is 2.37. The van der Waals surface area contributed by atoms with E-state index in [2.05, 4.69) is 10.3 Å². The van der Waals surface area contributed by atoms with E-state index in [9.17, 15) is 9.59 Å². The fraction of sp³-hybridized carbons (Fsp3) is 0.500. The first-order valence-electron chi connectivity index (χ1n) is 8.51. The Morgan fingerprint density at radius 2 is 2.04 bits per heavy atom. The van der Waals surface area contributed by atoms with E-state index < -0.39 is 0 Å². The Labute approximate surface area is 153 Å². The largest absolute Gasteiger partial charge is 0.497 e. The van der Waals surface area contributed by atoms with Gasteiger partial charge in [0.2, 0.25) is 11.8 Å². The van der Waals surface area contributed by atoms with Gasteiger partial charge in [-0.05, 0) is 38.0 Å². The van der Waals surface area contributed by atoms with Crippen LogP contribution in [0.5, 0.6) is 5.75 Å². The van der Waals surface area contributed by atoms with Gasteiger partial charge in [-0.25, -0.2) is 0 Å². The average molecular weight is 363 g/mol. The van der Waals surface area contributed by atoms with Crippen molar-refractivity contribution in [1.82, 2.24) is 10.2 Å². The van der Waals surface area contributed by atoms with E-state index in [1.807, 2.05) is 38.1 Å². The van der Waals surface area contributed by atoms with Gasteiger partial charge in [0.25, 0.3) is 0 Å². The third-order valence-electron chi connectivity index (χ3n) is 3.90. The predicted octanol–water partition coefficient (Wildman–Crippen LogP) is 2.08. The van der Waals surface area contributed by atoms with Gasteiger partial charge >= 0.3 is 0 Å². The minimum absolute atomic E-state index is 0.0231. The van der Waals surface area contributed by atoms with Gasteiger partial charge in [-0.15, -0.1) is 0 Å². The first-order valence-corrected chi connectivity index (χ1v) is 9.39. The molecule has 1 aliphatic heterocycles. The van der Waals surface area contributed by atoms with E-state index in [0.717, 1.165) is 22.9 Å². The van der Waals surface area contributed by atoms with Crippen molar-refractivity contribution >= 4 is 28.7 Å². The minimum Gasteiger partial charge on any atom is -0.497 e. The number of benzene rings is 1. The molecule has 2 amide bonds. The second kappa shape index (κ2) is 9.46. The molecule has 6 nitrogen and oxygen atoms in total. The van der Waals surface area contributed by atoms with E-state index in [1.54, 1.807) is 12.0 Å². The third kappa shape index (κ3) is 5.22. The van der Waals surface area contributed by atoms with Gasteiger partial charge in [-0.2, -0.15) is 0 Å². The van der Waals surface area contributed by atoms with Crippen molar-refractivity contribution in [2.75, 3.05) is 26.7 Å². The Hall–Kier alpha value is -2.02. The van der Waals surface area contributed by atoms with Crippen molar-refractivity contribution in [2.45, 2.75) is 31.9 Å². The number of rotatable bonds is 8. The molecule has 1 heterocycles. The molecule has 1 aromatic rings. The van der Waals surface area contributed by atoms with Crippen LogP contribution in [0.4, 0.5) is 0 Å². The van der Waals surface area contributed by atoms with Gasteiger partial charge in [0.1, 0.15) is 11.0 Å². The van der Waals surface area contributed by atoms with E-state index in [0.29, 0.717) is 19.6 Å². The van der Waals surface area contributed by atoms with Crippen LogP contribution in [-0.2, 0) is 16.0 Å². The molecule has 1 aromatic carbocycles. The molecule has 25 heavy (non-hydrogen) atoms. The Morgan fingerprint density at radius 1 is 1.32 bits per heavy atom. The highest BCUT2D eigenvalue weighted by molar-refractivity contribution is 8.15. The summed E-state index contributed by atoms with van der Waals surface area (Å²) in [5, 5.41) is 3.25. The number of carbonyl (C=O) groups is 2. The summed E-state index contributed by atoms with van der Waals surface area (Å²) < 4.78 is 5.12. The minimum atomic E-state index is -0.369. The number of aliphatic imine (C=N–C) groups is 1. The fourth-order valence-corrected chi connectivity index (χ4v) is 3.83. The van der Waals surface area contributed by atoms with Gasteiger partial charge in [0.05, 0.1) is 7.11 Å². The topological polar surface area (TPSA) is 71.0 Å². The lowest BCUT2D eigenvalue weighted by atomic mass is 10.1. The molecule has 0 aliphatic carbocycles. The number of ether oxygens (including phenoxy) is 1. The van der Waals surface area contributed by atoms with E-state index >= 15 is 0 Å². The van der Waals surface area contributed by atoms with Gasteiger partial charge in [-0.3, -0.25) is 19.5 Å². The summed E-state index contributed by atoms with van der Waals surface area (Å²) in [5.74, 6) is 0.688. The highest BCUT2D eigenvalue weighted by Crippen LogP contribution is 2.29. The van der Waals surface area contributed by atoms with Crippen molar-refractivity contribution in [2.24, 2.45) is 4.99 Å². The van der Waals surface area contributed by atoms with Gasteiger partial charge < -0.3 is 10.1 Å². The van der Waals surface area contributed by atoms with Crippen LogP contribution in [0.15, 0.2) is 29.3 Å². The van der Waals surface area contributed by atoms with Crippen LogP contribution in [0.2, 0.25) is 0 Å². The lowest BCUT2D eigenvalue weighted by Gasteiger charge is -2.13. The van der Waals surface area contributed by atoms with Crippen LogP contribution in [0.3, 0.4) is 0 Å². The molecule has 1 N–H and O–H groups in total. The summed E-state index contributed by atoms with van der Waals surface area (Å²) in [7, 11) is 1.63. The summed E-state index contributed by atoms with van der Waals surface area (Å²) in [6.45, 7) is 5.61. The predicted molar refractivity (Wildman–Crippen MR) is 101 cm³/mol. The number of carbonyl (C=O) groups excluding carboxylic acids is 2. The Kier molecular flexibility index (Phi) is 7.31. The molecule has 0 bridgehead atoms. The van der Waals surface area contributed by atoms with Crippen LogP contribution < -0.4 is 10.1 Å². The average Bonchev–Trinajstić information content (AvgIpc) is 2.90. The summed E-state index contributed by atoms with van der Waals surface area (Å²) in [6, 6.07) is 7.76. The molecular formula is C18H25N3O3S. The summed E-state index contributed by atoms with van der Waals surface area (Å²) in [6.07, 6.45) is 0.927. The number of hydrogen-bond acceptors (Lipinski definition) is 5. The van der Waals surface area contributed by atoms with Crippen molar-refractivity contribution in [3.05, 3.63) is 29.8 Å². The molecule has 1 saturated heterocycles. The highest BCUT2D eigenvalue weighted by atomic mass is 32.2. The molecule has 7 heteroatoms. The fourth-order valence-electron chi connectivity index (χ4n) is 2.57. The lowest BCUT2D eigenvalue weighted by Crippen LogP contribution is -2.35. The van der Waals surface area contributed by atoms with Crippen molar-refractivity contribution in [1.29, 1.82) is 0 Å². The van der Waals surface area contributed by atoms with Crippen LogP contribution in [0.1, 0.15) is 25.8 Å². The molecule has 1 aliphatic rings. The van der Waals surface area contributed by atoms with Crippen molar-refractivity contribution in [3.63, 3.8) is 0 Å². The van der Waals surface area contributed by atoms with Gasteiger partial charge in [0, 0.05) is 26.1 Å². The number of nitrogens with zero attached hydrogens (tertiary/aromatic N) is 2. The molecule has 1 atom stereocenters. The smallest absolute Gasteiger partial charge is 0.242 e. The normalized spacial score (nSPS) is 18.7. The Morgan fingerprint density at radius 3 is 2.64 bits per heavy atom. The zero-order valence-corrected chi connectivity index (χ0v) is 15.8. The quantitative estimate of drug-likeness (QED) is 0.768. The van der Waals surface area contributed by atoms with Crippen LogP contribution >= 0.6 is 11.8 Å². The molecule has 0 spiro atoms. The third-order valence-corrected chi connectivity index (χ3v) is 5.11. The summed E-state index contributed by atoms with van der Waals surface area (Å²) in [5.41, 5.74) is 1.13. The molecular weight excluding hydrogens is 338 g/mol. The van der Waals surface area contributed by atoms with E-state index in [1.165, 1.54) is 11.8 Å². The van der Waals surface area contributed by atoms with Gasteiger partial charge in [0.15, 0.2) is 5.17 Å². The number of methoxy groups -OCH3 is 1. The van der Waals surface area contributed by atoms with Crippen LogP contribution in [0.25, 0.3) is 0 Å². The molecule has 1 fully saturated rings. The first kappa shape index (κ1) is 19.3. The monoisotopic (exact) mass is 363 g/mol. The summed E-state index contributed by atoms with van der Waals surface area (Å²) >= 11 is 1.39. The standard InChI is InChI=1S/C18H25N3O3S/c1-4-19-18-21(5-2)17(23)15(25-18)12-16(22)20-11-10-13-6-8-14(24-3)9-7-13/h6-9,15H,4-5,10-12H2,1-3H3,(H,20,22)/t15-/m0/s1. The van der Waals surface area contributed by atoms with Crippen LogP contribution in [0, 0.1) is 0 Å². The van der Waals surface area contributed by atoms with E-state index in [4.69, 9.17) is 4.74 Å². The Bertz CT molecular complexity index is 631. The number of amides is 2. The zero-order chi connectivity index (χ0) is 18.2. The van der Waals surface area contributed by atoms with E-state index in [-0.39, 0.29) is 23.5 Å². The Balaban J connectivity index is 1.79. The maximum absolute atomic E-state index is 12.3. The lowest BCUT2D eigenvalue weighted by molar-refractivity contribution is -0.129. The summed E-state index contributed by atoms with van der Waals surface area (Å²) in [4.78, 5) is 30.5. The first-order chi connectivity index (χ1) is 12.1. The van der Waals surface area contributed by atoms with Gasteiger partial charge in [-0.1, -0.05) is 23.9 Å². The number of amidine groups is 1. The zero-order valence-electron chi connectivity index (χ0n) is 14.9. The second-order valence-corrected chi connectivity index (χ2v) is 6.77. The number of hydrogen-bond donors (Lipinski definition) is 1. The van der Waals surface area contributed by atoms with Crippen LogP contribution in [-0.4, -0.2) is 53.9 Å².